The largest absolute Gasteiger partial charge is 0.480 e. The topological polar surface area (TPSA) is 108 Å². The van der Waals surface area contributed by atoms with Crippen LogP contribution in [0.5, 0.6) is 0 Å². The lowest BCUT2D eigenvalue weighted by Crippen LogP contribution is -2.37. The molecule has 1 amide bonds. The smallest absolute Gasteiger partial charge is 0.326 e. The molecule has 0 bridgehead atoms. The Morgan fingerprint density at radius 2 is 1.86 bits per heavy atom. The van der Waals surface area contributed by atoms with Gasteiger partial charge in [0.15, 0.2) is 5.78 Å². The van der Waals surface area contributed by atoms with Gasteiger partial charge in [0.1, 0.15) is 16.2 Å². The summed E-state index contributed by atoms with van der Waals surface area (Å²) in [5, 5.41) is 15.2. The van der Waals surface area contributed by atoms with E-state index < -0.39 is 12.0 Å². The highest BCUT2D eigenvalue weighted by Crippen LogP contribution is 2.27. The molecule has 2 aromatic rings. The number of hydrogen-bond acceptors (Lipinski definition) is 5. The Hall–Kier alpha value is -2.90. The molecule has 1 aromatic heterocycles. The van der Waals surface area contributed by atoms with Crippen molar-refractivity contribution in [2.24, 2.45) is 0 Å². The fraction of sp³-hybridized carbons (Fsp3) is 0.200. The Bertz CT molecular complexity index is 990. The maximum absolute atomic E-state index is 12.4. The first-order valence-electron chi connectivity index (χ1n) is 8.76. The van der Waals surface area contributed by atoms with Crippen LogP contribution in [0, 0.1) is 0 Å². The number of halogens is 2. The first kappa shape index (κ1) is 20.8. The predicted octanol–water partition coefficient (Wildman–Crippen LogP) is 3.47. The van der Waals surface area contributed by atoms with Gasteiger partial charge in [0.25, 0.3) is 5.91 Å². The number of hydrogen-bond donors (Lipinski definition) is 3. The summed E-state index contributed by atoms with van der Waals surface area (Å²) >= 11 is 11.9. The van der Waals surface area contributed by atoms with E-state index in [0.29, 0.717) is 29.8 Å². The number of carbonyl (C=O) groups is 3. The summed E-state index contributed by atoms with van der Waals surface area (Å²) in [6.45, 7) is 0. The van der Waals surface area contributed by atoms with E-state index in [1.165, 1.54) is 18.3 Å². The third kappa shape index (κ3) is 5.34. The number of carboxylic acids is 1. The number of anilines is 1. The zero-order valence-electron chi connectivity index (χ0n) is 15.1. The van der Waals surface area contributed by atoms with Crippen LogP contribution in [0.25, 0.3) is 0 Å². The lowest BCUT2D eigenvalue weighted by molar-refractivity contribution is -0.139. The number of carbonyl (C=O) groups excluding carboxylic acids is 2. The molecule has 29 heavy (non-hydrogen) atoms. The van der Waals surface area contributed by atoms with Crippen molar-refractivity contribution in [1.82, 2.24) is 10.3 Å². The fourth-order valence-corrected chi connectivity index (χ4v) is 3.19. The van der Waals surface area contributed by atoms with E-state index in [1.54, 1.807) is 24.3 Å². The normalized spacial score (nSPS) is 14.3. The molecule has 1 aliphatic rings. The Morgan fingerprint density at radius 1 is 1.14 bits per heavy atom. The van der Waals surface area contributed by atoms with Gasteiger partial charge in [-0.25, -0.2) is 9.78 Å². The zero-order valence-corrected chi connectivity index (χ0v) is 16.6. The highest BCUT2D eigenvalue weighted by Gasteiger charge is 2.22. The molecule has 3 rings (SSSR count). The molecule has 1 aliphatic carbocycles. The summed E-state index contributed by atoms with van der Waals surface area (Å²) in [6, 6.07) is 7.22. The van der Waals surface area contributed by atoms with E-state index in [-0.39, 0.29) is 28.3 Å². The summed E-state index contributed by atoms with van der Waals surface area (Å²) in [6.07, 6.45) is 3.99. The number of aromatic nitrogens is 1. The summed E-state index contributed by atoms with van der Waals surface area (Å²) in [7, 11) is 0. The third-order valence-corrected chi connectivity index (χ3v) is 5.15. The van der Waals surface area contributed by atoms with Crippen molar-refractivity contribution in [1.29, 1.82) is 0 Å². The molecule has 1 aromatic carbocycles. The maximum Gasteiger partial charge on any atom is 0.326 e. The summed E-state index contributed by atoms with van der Waals surface area (Å²) in [5.41, 5.74) is 2.08. The van der Waals surface area contributed by atoms with Gasteiger partial charge in [-0.2, -0.15) is 0 Å². The van der Waals surface area contributed by atoms with Crippen molar-refractivity contribution in [3.63, 3.8) is 0 Å². The number of aliphatic carboxylic acids is 1. The minimum absolute atomic E-state index is 0.0115. The van der Waals surface area contributed by atoms with Gasteiger partial charge in [-0.05, 0) is 30.2 Å². The first-order chi connectivity index (χ1) is 13.8. The average molecular weight is 434 g/mol. The highest BCUT2D eigenvalue weighted by atomic mass is 35.5. The van der Waals surface area contributed by atoms with Crippen LogP contribution in [0.2, 0.25) is 10.2 Å². The van der Waals surface area contributed by atoms with Crippen LogP contribution in [-0.2, 0) is 16.0 Å². The quantitative estimate of drug-likeness (QED) is 0.576. The zero-order chi connectivity index (χ0) is 21.0. The van der Waals surface area contributed by atoms with Crippen LogP contribution >= 0.6 is 23.2 Å². The number of rotatable bonds is 7. The Kier molecular flexibility index (Phi) is 6.51. The van der Waals surface area contributed by atoms with E-state index in [2.05, 4.69) is 15.6 Å². The van der Waals surface area contributed by atoms with Crippen molar-refractivity contribution < 1.29 is 19.5 Å². The second-order valence-corrected chi connectivity index (χ2v) is 7.23. The molecule has 0 radical (unpaired) electrons. The second kappa shape index (κ2) is 9.07. The van der Waals surface area contributed by atoms with E-state index in [4.69, 9.17) is 23.2 Å². The molecule has 0 unspecified atom stereocenters. The van der Waals surface area contributed by atoms with Crippen molar-refractivity contribution in [3.8, 4) is 0 Å². The number of ketones is 1. The molecule has 0 fully saturated rings. The molecular weight excluding hydrogens is 417 g/mol. The Balaban J connectivity index is 1.66. The van der Waals surface area contributed by atoms with Crippen LogP contribution in [0.4, 0.5) is 5.69 Å². The second-order valence-electron chi connectivity index (χ2n) is 6.49. The fourth-order valence-electron chi connectivity index (χ4n) is 2.87. The third-order valence-electron chi connectivity index (χ3n) is 4.38. The number of allylic oxidation sites excluding steroid dienone is 2. The van der Waals surface area contributed by atoms with E-state index in [1.807, 2.05) is 0 Å². The molecule has 9 heteroatoms. The van der Waals surface area contributed by atoms with Gasteiger partial charge in [-0.15, -0.1) is 0 Å². The molecule has 1 heterocycles. The molecule has 1 atom stereocenters. The first-order valence-corrected chi connectivity index (χ1v) is 9.52. The van der Waals surface area contributed by atoms with Gasteiger partial charge in [-0.1, -0.05) is 35.3 Å². The molecular formula is C20H17Cl2N3O4. The van der Waals surface area contributed by atoms with Crippen molar-refractivity contribution in [3.05, 3.63) is 69.6 Å². The summed E-state index contributed by atoms with van der Waals surface area (Å²) in [5.74, 6) is -1.41. The van der Waals surface area contributed by atoms with Crippen molar-refractivity contribution in [2.75, 3.05) is 5.32 Å². The lowest BCUT2D eigenvalue weighted by Gasteiger charge is -2.16. The van der Waals surface area contributed by atoms with E-state index in [9.17, 15) is 19.5 Å². The van der Waals surface area contributed by atoms with Gasteiger partial charge >= 0.3 is 5.97 Å². The van der Waals surface area contributed by atoms with E-state index >= 15 is 0 Å². The van der Waals surface area contributed by atoms with Crippen molar-refractivity contribution >= 4 is 46.5 Å². The monoisotopic (exact) mass is 433 g/mol. The molecule has 7 nitrogen and oxygen atoms in total. The van der Waals surface area contributed by atoms with Crippen LogP contribution < -0.4 is 10.6 Å². The number of nitrogens with one attached hydrogen (secondary N) is 2. The highest BCUT2D eigenvalue weighted by molar-refractivity contribution is 6.43. The van der Waals surface area contributed by atoms with Gasteiger partial charge < -0.3 is 15.7 Å². The average Bonchev–Trinajstić information content (AvgIpc) is 3.10. The molecule has 0 aliphatic heterocycles. The minimum Gasteiger partial charge on any atom is -0.480 e. The Morgan fingerprint density at radius 3 is 2.48 bits per heavy atom. The van der Waals surface area contributed by atoms with E-state index in [0.717, 1.165) is 5.56 Å². The molecule has 3 N–H and O–H groups in total. The van der Waals surface area contributed by atoms with Crippen molar-refractivity contribution in [2.45, 2.75) is 25.3 Å². The summed E-state index contributed by atoms with van der Waals surface area (Å²) < 4.78 is 0. The molecule has 150 valence electrons. The van der Waals surface area contributed by atoms with Crippen LogP contribution in [0.15, 0.2) is 48.3 Å². The standard InChI is InChI=1S/C20H17Cl2N3O4/c21-17-15(7-8-23-18(17)22)25-19(27)12-3-1-11(2-4-12)9-16(20(28)29)24-13-5-6-14(26)10-13/h1-4,7-8,10,16,24H,5-6,9H2,(H,28,29)(H,23,25,27)/t16-/m0/s1. The van der Waals surface area contributed by atoms with Gasteiger partial charge in [0.2, 0.25) is 0 Å². The number of carboxylic acid groups (broad SMARTS) is 1. The minimum atomic E-state index is -1.02. The van der Waals surface area contributed by atoms with Crippen LogP contribution in [0.3, 0.4) is 0 Å². The number of benzene rings is 1. The van der Waals surface area contributed by atoms with Gasteiger partial charge in [0.05, 0.1) is 5.69 Å². The van der Waals surface area contributed by atoms with Gasteiger partial charge in [-0.3, -0.25) is 9.59 Å². The summed E-state index contributed by atoms with van der Waals surface area (Å²) in [4.78, 5) is 39.1. The number of amides is 1. The molecule has 0 saturated heterocycles. The SMILES string of the molecule is O=C1C=C(N[C@@H](Cc2ccc(C(=O)Nc3ccnc(Cl)c3Cl)cc2)C(=O)O)CC1. The lowest BCUT2D eigenvalue weighted by atomic mass is 10.0. The van der Waals surface area contributed by atoms with Crippen LogP contribution in [-0.4, -0.2) is 33.8 Å². The number of pyridine rings is 1. The Labute approximate surface area is 176 Å². The maximum atomic E-state index is 12.4. The molecule has 0 spiro atoms. The van der Waals surface area contributed by atoms with Crippen LogP contribution in [0.1, 0.15) is 28.8 Å². The predicted molar refractivity (Wildman–Crippen MR) is 109 cm³/mol. The molecule has 0 saturated carbocycles. The number of nitrogens with zero attached hydrogens (tertiary/aromatic N) is 1. The van der Waals surface area contributed by atoms with Gasteiger partial charge in [0, 0.05) is 36.4 Å².